The van der Waals surface area contributed by atoms with E-state index in [1.807, 2.05) is 18.3 Å². The highest BCUT2D eigenvalue weighted by atomic mass is 16.2. The van der Waals surface area contributed by atoms with E-state index in [-0.39, 0.29) is 17.3 Å². The first kappa shape index (κ1) is 18.4. The molecule has 1 amide bonds. The third-order valence-corrected chi connectivity index (χ3v) is 8.10. The lowest BCUT2D eigenvalue weighted by Gasteiger charge is -2.36. The smallest absolute Gasteiger partial charge is 0.254 e. The van der Waals surface area contributed by atoms with Crippen LogP contribution in [0.1, 0.15) is 92.0 Å². The maximum absolute atomic E-state index is 13.6. The van der Waals surface area contributed by atoms with Crippen LogP contribution in [0, 0.1) is 0 Å². The number of amides is 1. The molecule has 1 saturated carbocycles. The van der Waals surface area contributed by atoms with Crippen LogP contribution in [-0.2, 0) is 5.54 Å². The minimum Gasteiger partial charge on any atom is -0.333 e. The first-order valence-electron chi connectivity index (χ1n) is 13.7. The van der Waals surface area contributed by atoms with Crippen LogP contribution in [0.4, 0.5) is 0 Å². The molecule has 8 nitrogen and oxygen atoms in total. The Morgan fingerprint density at radius 2 is 1.97 bits per heavy atom. The highest BCUT2D eigenvalue weighted by Gasteiger charge is 2.45. The van der Waals surface area contributed by atoms with Gasteiger partial charge in [0.2, 0.25) is 0 Å². The molecule has 0 radical (unpaired) electrons. The van der Waals surface area contributed by atoms with E-state index in [1.54, 1.807) is 35.1 Å². The molecule has 180 valence electrons. The number of carbonyl (C=O) groups is 2. The normalized spacial score (nSPS) is 23.2. The number of hydrogen-bond acceptors (Lipinski definition) is 6. The molecular formula is C28H26N6O2. The molecule has 2 bridgehead atoms. The molecule has 7 rings (SSSR count). The summed E-state index contributed by atoms with van der Waals surface area (Å²) < 4.78 is 26.3. The summed E-state index contributed by atoms with van der Waals surface area (Å²) in [6.07, 6.45) is 8.55. The van der Waals surface area contributed by atoms with Gasteiger partial charge in [0.1, 0.15) is 5.82 Å². The molecule has 3 aliphatic rings. The van der Waals surface area contributed by atoms with Crippen molar-refractivity contribution in [1.82, 2.24) is 24.5 Å². The molecule has 4 heterocycles. The highest BCUT2D eigenvalue weighted by Crippen LogP contribution is 2.52. The minimum atomic E-state index is -2.68. The summed E-state index contributed by atoms with van der Waals surface area (Å²) in [6.45, 7) is -1.21. The first-order chi connectivity index (χ1) is 18.6. The van der Waals surface area contributed by atoms with Crippen LogP contribution < -0.4 is 5.73 Å². The molecule has 1 aromatic carbocycles. The summed E-state index contributed by atoms with van der Waals surface area (Å²) in [7, 11) is 0. The third kappa shape index (κ3) is 2.82. The van der Waals surface area contributed by atoms with E-state index in [2.05, 4.69) is 9.97 Å². The fraction of sp³-hybridized carbons (Fsp3) is 0.321. The van der Waals surface area contributed by atoms with E-state index < -0.39 is 24.5 Å². The number of pyridine rings is 1. The summed E-state index contributed by atoms with van der Waals surface area (Å²) >= 11 is 0. The Balaban J connectivity index is 1.41. The molecule has 1 fully saturated rings. The van der Waals surface area contributed by atoms with Crippen molar-refractivity contribution in [2.75, 3.05) is 6.98 Å². The van der Waals surface area contributed by atoms with Gasteiger partial charge in [0.25, 0.3) is 5.91 Å². The van der Waals surface area contributed by atoms with E-state index in [1.165, 1.54) is 6.92 Å². The zero-order valence-corrected chi connectivity index (χ0v) is 19.7. The molecule has 8 heteroatoms. The van der Waals surface area contributed by atoms with Crippen molar-refractivity contribution in [3.63, 3.8) is 0 Å². The van der Waals surface area contributed by atoms with Crippen LogP contribution in [0.25, 0.3) is 16.6 Å². The topological polar surface area (TPSA) is 106 Å². The molecule has 3 aromatic heterocycles. The van der Waals surface area contributed by atoms with Gasteiger partial charge in [-0.25, -0.2) is 14.5 Å². The maximum atomic E-state index is 13.6. The Bertz CT molecular complexity index is 1690. The number of benzene rings is 1. The van der Waals surface area contributed by atoms with Gasteiger partial charge in [0, 0.05) is 57.9 Å². The third-order valence-electron chi connectivity index (χ3n) is 8.10. The van der Waals surface area contributed by atoms with Gasteiger partial charge in [-0.1, -0.05) is 12.1 Å². The molecule has 2 N–H and O–H groups in total. The van der Waals surface area contributed by atoms with Crippen LogP contribution in [0.5, 0.6) is 0 Å². The zero-order chi connectivity index (χ0) is 27.3. The summed E-state index contributed by atoms with van der Waals surface area (Å²) in [5, 5.41) is 4.76. The summed E-state index contributed by atoms with van der Waals surface area (Å²) in [4.78, 5) is 36.4. The minimum absolute atomic E-state index is 0.175. The lowest BCUT2D eigenvalue weighted by atomic mass is 9.77. The van der Waals surface area contributed by atoms with Crippen molar-refractivity contribution in [2.45, 2.75) is 50.1 Å². The molecule has 1 aliphatic heterocycles. The Hall–Kier alpha value is -3.91. The average molecular weight is 482 g/mol. The van der Waals surface area contributed by atoms with Gasteiger partial charge < -0.3 is 10.6 Å². The number of Topliss-reactive ketones (excluding diaryl/α,β-unsaturated/α-hetero) is 1. The molecule has 4 aromatic rings. The standard InChI is InChI=1S/C28H26N6O2/c1-15(35)18-5-3-6-19-23(18)20-12-22(33(2)26(19)36)25-24(20)21-11-16(7-10-34(21)32-25)17-13-30-27(31-14-17)28(29)8-4-9-28/h3,5-7,10-11,13-14,20,22H,4,8-9,12,29H2,1-2H3/t20-,22-/m1/s1/i2D3. The zero-order valence-electron chi connectivity index (χ0n) is 22.7. The number of aromatic nitrogens is 4. The van der Waals surface area contributed by atoms with Gasteiger partial charge in [0.05, 0.1) is 22.8 Å². The van der Waals surface area contributed by atoms with Crippen LogP contribution in [0.15, 0.2) is 48.9 Å². The van der Waals surface area contributed by atoms with Crippen molar-refractivity contribution in [3.05, 3.63) is 82.7 Å². The van der Waals surface area contributed by atoms with Gasteiger partial charge >= 0.3 is 0 Å². The predicted octanol–water partition coefficient (Wildman–Crippen LogP) is 3.99. The predicted molar refractivity (Wildman–Crippen MR) is 134 cm³/mol. The summed E-state index contributed by atoms with van der Waals surface area (Å²) in [5.41, 5.74) is 11.1. The second-order valence-electron chi connectivity index (χ2n) is 10.2. The lowest BCUT2D eigenvalue weighted by molar-refractivity contribution is 0.0734. The Morgan fingerprint density at radius 1 is 1.17 bits per heavy atom. The summed E-state index contributed by atoms with van der Waals surface area (Å²) in [5.74, 6) is -0.494. The van der Waals surface area contributed by atoms with Gasteiger partial charge in [0.15, 0.2) is 5.78 Å². The molecule has 2 atom stereocenters. The van der Waals surface area contributed by atoms with Crippen LogP contribution in [0.3, 0.4) is 0 Å². The van der Waals surface area contributed by atoms with E-state index in [0.717, 1.165) is 46.4 Å². The van der Waals surface area contributed by atoms with Gasteiger partial charge in [-0.3, -0.25) is 9.59 Å². The fourth-order valence-corrected chi connectivity index (χ4v) is 6.03. The van der Waals surface area contributed by atoms with Crippen LogP contribution >= 0.6 is 0 Å². The molecule has 2 aliphatic carbocycles. The number of carbonyl (C=O) groups excluding carboxylic acids is 2. The maximum Gasteiger partial charge on any atom is 0.254 e. The van der Waals surface area contributed by atoms with Crippen molar-refractivity contribution in [3.8, 4) is 11.1 Å². The number of fused-ring (bicyclic) bond motifs is 9. The van der Waals surface area contributed by atoms with E-state index in [0.29, 0.717) is 29.1 Å². The van der Waals surface area contributed by atoms with Gasteiger partial charge in [-0.2, -0.15) is 5.10 Å². The SMILES string of the molecule is [2H]C([2H])([2H])N1C(=O)c2cccc(C(C)=O)c2[C@H]2C[C@@H]1c1nn3ccc(-c4cnc(C5(N)CCC5)nc4)cc3c12. The second-order valence-corrected chi connectivity index (χ2v) is 10.2. The number of nitrogens with two attached hydrogens (primary N) is 1. The quantitative estimate of drug-likeness (QED) is 0.444. The number of ketones is 1. The van der Waals surface area contributed by atoms with E-state index >= 15 is 0 Å². The van der Waals surface area contributed by atoms with Crippen LogP contribution in [-0.4, -0.2) is 43.1 Å². The van der Waals surface area contributed by atoms with E-state index in [4.69, 9.17) is 14.9 Å². The fourth-order valence-electron chi connectivity index (χ4n) is 6.03. The number of nitrogens with zero attached hydrogens (tertiary/aromatic N) is 5. The monoisotopic (exact) mass is 481 g/mol. The molecular weight excluding hydrogens is 452 g/mol. The molecule has 0 spiro atoms. The Labute approximate surface area is 212 Å². The molecule has 36 heavy (non-hydrogen) atoms. The second kappa shape index (κ2) is 7.30. The average Bonchev–Trinajstić information content (AvgIpc) is 3.39. The lowest BCUT2D eigenvalue weighted by Crippen LogP contribution is -2.44. The van der Waals surface area contributed by atoms with Crippen molar-refractivity contribution in [2.24, 2.45) is 5.73 Å². The van der Waals surface area contributed by atoms with Crippen molar-refractivity contribution in [1.29, 1.82) is 0 Å². The highest BCUT2D eigenvalue weighted by molar-refractivity contribution is 6.03. The van der Waals surface area contributed by atoms with Gasteiger partial charge in [-0.05, 0) is 61.9 Å². The van der Waals surface area contributed by atoms with E-state index in [9.17, 15) is 9.59 Å². The van der Waals surface area contributed by atoms with Crippen molar-refractivity contribution < 1.29 is 13.7 Å². The van der Waals surface area contributed by atoms with Crippen molar-refractivity contribution >= 4 is 17.2 Å². The molecule has 0 saturated heterocycles. The molecule has 0 unspecified atom stereocenters. The number of hydrogen-bond donors (Lipinski definition) is 1. The summed E-state index contributed by atoms with van der Waals surface area (Å²) in [6, 6.07) is 8.10. The Morgan fingerprint density at radius 3 is 2.67 bits per heavy atom. The van der Waals surface area contributed by atoms with Gasteiger partial charge in [-0.15, -0.1) is 0 Å². The Kier molecular flexibility index (Phi) is 3.73. The number of rotatable bonds is 3. The van der Waals surface area contributed by atoms with Crippen LogP contribution in [0.2, 0.25) is 0 Å². The largest absolute Gasteiger partial charge is 0.333 e. The first-order valence-corrected chi connectivity index (χ1v) is 12.2.